The lowest BCUT2D eigenvalue weighted by molar-refractivity contribution is -0.122. The summed E-state index contributed by atoms with van der Waals surface area (Å²) in [5, 5.41) is 2.98. The summed E-state index contributed by atoms with van der Waals surface area (Å²) in [7, 11) is 0. The number of amides is 1. The van der Waals surface area contributed by atoms with Crippen LogP contribution in [0.25, 0.3) is 11.3 Å². The third kappa shape index (κ3) is 2.03. The summed E-state index contributed by atoms with van der Waals surface area (Å²) in [6, 6.07) is 9.32. The largest absolute Gasteiger partial charge is 0.453 e. The number of hydrogen-bond acceptors (Lipinski definition) is 3. The van der Waals surface area contributed by atoms with E-state index in [0.717, 1.165) is 16.7 Å². The highest BCUT2D eigenvalue weighted by atomic mass is 16.3. The molecule has 1 aromatic heterocycles. The van der Waals surface area contributed by atoms with Crippen molar-refractivity contribution in [3.63, 3.8) is 0 Å². The number of furan rings is 1. The van der Waals surface area contributed by atoms with Crippen molar-refractivity contribution in [1.82, 2.24) is 5.32 Å². The first-order valence-corrected chi connectivity index (χ1v) is 6.49. The molecule has 2 heterocycles. The zero-order valence-electron chi connectivity index (χ0n) is 11.4. The zero-order chi connectivity index (χ0) is 14.3. The summed E-state index contributed by atoms with van der Waals surface area (Å²) in [5.74, 6) is 0.960. The summed E-state index contributed by atoms with van der Waals surface area (Å²) >= 11 is 0. The topological polar surface area (TPSA) is 59.3 Å². The average molecular weight is 269 g/mol. The minimum atomic E-state index is -0.361. The predicted octanol–water partition coefficient (Wildman–Crippen LogP) is 2.67. The second kappa shape index (κ2) is 4.34. The molecule has 1 aliphatic rings. The van der Waals surface area contributed by atoms with E-state index in [1.165, 1.54) is 0 Å². The number of hydrogen-bond donors (Lipinski definition) is 1. The molecule has 0 bridgehead atoms. The molecule has 0 spiro atoms. The number of benzene rings is 1. The Bertz CT molecular complexity index is 697. The van der Waals surface area contributed by atoms with Crippen LogP contribution in [0.15, 0.2) is 34.7 Å². The number of carbonyl (C=O) groups is 2. The maximum atomic E-state index is 11.8. The lowest BCUT2D eigenvalue weighted by atomic mass is 9.84. The second-order valence-electron chi connectivity index (χ2n) is 5.54. The van der Waals surface area contributed by atoms with E-state index in [9.17, 15) is 9.59 Å². The Labute approximate surface area is 116 Å². The van der Waals surface area contributed by atoms with Crippen molar-refractivity contribution in [3.8, 4) is 11.3 Å². The fourth-order valence-corrected chi connectivity index (χ4v) is 2.71. The van der Waals surface area contributed by atoms with E-state index in [-0.39, 0.29) is 11.4 Å². The first kappa shape index (κ1) is 12.7. The molecule has 1 aromatic carbocycles. The van der Waals surface area contributed by atoms with Crippen LogP contribution in [0.3, 0.4) is 0 Å². The third-order valence-electron chi connectivity index (χ3n) is 3.61. The van der Waals surface area contributed by atoms with Gasteiger partial charge in [-0.05, 0) is 43.2 Å². The van der Waals surface area contributed by atoms with Crippen LogP contribution in [0.5, 0.6) is 0 Å². The highest BCUT2D eigenvalue weighted by molar-refractivity contribution is 5.83. The molecule has 0 fully saturated rings. The van der Waals surface area contributed by atoms with E-state index >= 15 is 0 Å². The monoisotopic (exact) mass is 269 g/mol. The smallest absolute Gasteiger partial charge is 0.225 e. The van der Waals surface area contributed by atoms with Crippen molar-refractivity contribution < 1.29 is 14.0 Å². The average Bonchev–Trinajstić information content (AvgIpc) is 2.85. The van der Waals surface area contributed by atoms with Crippen LogP contribution in [0, 0.1) is 0 Å². The van der Waals surface area contributed by atoms with Gasteiger partial charge in [0.25, 0.3) is 0 Å². The molecule has 0 atom stereocenters. The lowest BCUT2D eigenvalue weighted by Gasteiger charge is -2.33. The number of carbonyl (C=O) groups excluding carboxylic acids is 2. The standard InChI is InChI=1S/C16H15NO3/c1-16(2)13-5-3-10(7-11(13)8-15(19)17-16)14-6-4-12(9-18)20-14/h3-7,9H,8H2,1-2H3,(H,17,19). The summed E-state index contributed by atoms with van der Waals surface area (Å²) in [6.45, 7) is 3.97. The first-order valence-electron chi connectivity index (χ1n) is 6.49. The van der Waals surface area contributed by atoms with Gasteiger partial charge in [-0.15, -0.1) is 0 Å². The number of nitrogens with one attached hydrogen (secondary N) is 1. The van der Waals surface area contributed by atoms with E-state index in [1.807, 2.05) is 32.0 Å². The molecule has 20 heavy (non-hydrogen) atoms. The lowest BCUT2D eigenvalue weighted by Crippen LogP contribution is -2.46. The van der Waals surface area contributed by atoms with Crippen molar-refractivity contribution in [2.24, 2.45) is 0 Å². The summed E-state index contributed by atoms with van der Waals surface area (Å²) in [5.41, 5.74) is 2.63. The predicted molar refractivity (Wildman–Crippen MR) is 74.4 cm³/mol. The fraction of sp³-hybridized carbons (Fsp3) is 0.250. The second-order valence-corrected chi connectivity index (χ2v) is 5.54. The Morgan fingerprint density at radius 2 is 2.05 bits per heavy atom. The summed E-state index contributed by atoms with van der Waals surface area (Å²) in [4.78, 5) is 22.4. The molecule has 0 radical (unpaired) electrons. The van der Waals surface area contributed by atoms with E-state index in [2.05, 4.69) is 5.32 Å². The quantitative estimate of drug-likeness (QED) is 0.853. The molecule has 2 aromatic rings. The molecule has 0 saturated heterocycles. The first-order chi connectivity index (χ1) is 9.49. The Kier molecular flexibility index (Phi) is 2.74. The molecule has 4 heteroatoms. The van der Waals surface area contributed by atoms with Gasteiger partial charge in [-0.2, -0.15) is 0 Å². The van der Waals surface area contributed by atoms with Gasteiger partial charge in [0.05, 0.1) is 12.0 Å². The van der Waals surface area contributed by atoms with Gasteiger partial charge in [-0.1, -0.05) is 12.1 Å². The summed E-state index contributed by atoms with van der Waals surface area (Å²) in [6.07, 6.45) is 1.05. The Hall–Kier alpha value is -2.36. The Morgan fingerprint density at radius 1 is 1.25 bits per heavy atom. The van der Waals surface area contributed by atoms with Crippen LogP contribution in [0.1, 0.15) is 35.5 Å². The minimum Gasteiger partial charge on any atom is -0.453 e. The SMILES string of the molecule is CC1(C)NC(=O)Cc2cc(-c3ccc(C=O)o3)ccc21. The van der Waals surface area contributed by atoms with Gasteiger partial charge < -0.3 is 9.73 Å². The van der Waals surface area contributed by atoms with E-state index in [1.54, 1.807) is 12.1 Å². The summed E-state index contributed by atoms with van der Waals surface area (Å²) < 4.78 is 5.42. The van der Waals surface area contributed by atoms with E-state index < -0.39 is 0 Å². The molecule has 0 aliphatic carbocycles. The fourth-order valence-electron chi connectivity index (χ4n) is 2.71. The maximum Gasteiger partial charge on any atom is 0.225 e. The van der Waals surface area contributed by atoms with E-state index in [4.69, 9.17) is 4.42 Å². The third-order valence-corrected chi connectivity index (χ3v) is 3.61. The van der Waals surface area contributed by atoms with Gasteiger partial charge in [-0.25, -0.2) is 0 Å². The van der Waals surface area contributed by atoms with Crippen LogP contribution < -0.4 is 5.32 Å². The molecule has 1 N–H and O–H groups in total. The normalized spacial score (nSPS) is 16.4. The van der Waals surface area contributed by atoms with Gasteiger partial charge in [0.15, 0.2) is 12.0 Å². The van der Waals surface area contributed by atoms with Crippen molar-refractivity contribution >= 4 is 12.2 Å². The van der Waals surface area contributed by atoms with Crippen LogP contribution in [-0.2, 0) is 16.8 Å². The van der Waals surface area contributed by atoms with E-state index in [0.29, 0.717) is 24.2 Å². The van der Waals surface area contributed by atoms with Crippen LogP contribution in [-0.4, -0.2) is 12.2 Å². The number of rotatable bonds is 2. The van der Waals surface area contributed by atoms with Crippen molar-refractivity contribution in [2.75, 3.05) is 0 Å². The highest BCUT2D eigenvalue weighted by Gasteiger charge is 2.30. The molecular weight excluding hydrogens is 254 g/mol. The number of aldehydes is 1. The molecule has 0 saturated carbocycles. The molecule has 1 aliphatic heterocycles. The molecule has 0 unspecified atom stereocenters. The van der Waals surface area contributed by atoms with Gasteiger partial charge in [0, 0.05) is 5.56 Å². The molecule has 3 rings (SSSR count). The van der Waals surface area contributed by atoms with Crippen LogP contribution in [0.4, 0.5) is 0 Å². The number of fused-ring (bicyclic) bond motifs is 1. The van der Waals surface area contributed by atoms with Crippen molar-refractivity contribution in [1.29, 1.82) is 0 Å². The van der Waals surface area contributed by atoms with Crippen molar-refractivity contribution in [3.05, 3.63) is 47.2 Å². The highest BCUT2D eigenvalue weighted by Crippen LogP contribution is 2.32. The van der Waals surface area contributed by atoms with Gasteiger partial charge in [0.2, 0.25) is 5.91 Å². The van der Waals surface area contributed by atoms with Crippen molar-refractivity contribution in [2.45, 2.75) is 25.8 Å². The maximum absolute atomic E-state index is 11.8. The molecule has 4 nitrogen and oxygen atoms in total. The molecule has 1 amide bonds. The van der Waals surface area contributed by atoms with Crippen LogP contribution in [0.2, 0.25) is 0 Å². The molecular formula is C16H15NO3. The Morgan fingerprint density at radius 3 is 2.75 bits per heavy atom. The molecule has 102 valence electrons. The van der Waals surface area contributed by atoms with Crippen LogP contribution >= 0.6 is 0 Å². The Balaban J connectivity index is 2.07. The van der Waals surface area contributed by atoms with Gasteiger partial charge >= 0.3 is 0 Å². The van der Waals surface area contributed by atoms with Gasteiger partial charge in [0.1, 0.15) is 5.76 Å². The zero-order valence-corrected chi connectivity index (χ0v) is 11.4. The minimum absolute atomic E-state index is 0.0210. The van der Waals surface area contributed by atoms with Gasteiger partial charge in [-0.3, -0.25) is 9.59 Å².